The van der Waals surface area contributed by atoms with E-state index in [4.69, 9.17) is 10.2 Å². The van der Waals surface area contributed by atoms with Crippen molar-refractivity contribution in [1.29, 1.82) is 0 Å². The zero-order valence-corrected chi connectivity index (χ0v) is 11.0. The van der Waals surface area contributed by atoms with Gasteiger partial charge in [-0.3, -0.25) is 4.79 Å². The van der Waals surface area contributed by atoms with Gasteiger partial charge in [-0.15, -0.1) is 0 Å². The van der Waals surface area contributed by atoms with Crippen LogP contribution in [0.4, 0.5) is 4.79 Å². The van der Waals surface area contributed by atoms with Crippen LogP contribution in [0.2, 0.25) is 0 Å². The maximum atomic E-state index is 11.7. The topological polar surface area (TPSA) is 136 Å². The lowest BCUT2D eigenvalue weighted by molar-refractivity contribution is -0.140. The van der Waals surface area contributed by atoms with E-state index in [1.165, 1.54) is 0 Å². The molecule has 3 atom stereocenters. The zero-order valence-electron chi connectivity index (χ0n) is 11.0. The summed E-state index contributed by atoms with van der Waals surface area (Å²) in [6.45, 7) is 0. The summed E-state index contributed by atoms with van der Waals surface area (Å²) in [7, 11) is 0. The van der Waals surface area contributed by atoms with Crippen molar-refractivity contribution in [3.63, 3.8) is 0 Å². The molecule has 20 heavy (non-hydrogen) atoms. The standard InChI is InChI=1S/C12H20N2O6/c15-9-4-2-1-3-7(9)13-12(20)14-8(11(18)19)5-6-10(16)17/h7-9,15H,1-6H2,(H,16,17)(H,18,19)(H2,13,14,20). The van der Waals surface area contributed by atoms with Crippen LogP contribution in [0.3, 0.4) is 0 Å². The lowest BCUT2D eigenvalue weighted by Crippen LogP contribution is -2.52. The predicted octanol–water partition coefficient (Wildman–Crippen LogP) is -0.0929. The number of aliphatic carboxylic acids is 2. The SMILES string of the molecule is O=C(O)CCC(NC(=O)NC1CCCCC1O)C(=O)O. The summed E-state index contributed by atoms with van der Waals surface area (Å²) >= 11 is 0. The second kappa shape index (κ2) is 7.68. The van der Waals surface area contributed by atoms with Gasteiger partial charge in [0.1, 0.15) is 6.04 Å². The number of aliphatic hydroxyl groups is 1. The van der Waals surface area contributed by atoms with Crippen LogP contribution in [0.15, 0.2) is 0 Å². The van der Waals surface area contributed by atoms with Crippen molar-refractivity contribution in [2.75, 3.05) is 0 Å². The summed E-state index contributed by atoms with van der Waals surface area (Å²) in [5.74, 6) is -2.41. The van der Waals surface area contributed by atoms with Gasteiger partial charge in [0.2, 0.25) is 0 Å². The van der Waals surface area contributed by atoms with Gasteiger partial charge in [-0.05, 0) is 19.3 Å². The second-order valence-electron chi connectivity index (χ2n) is 4.90. The van der Waals surface area contributed by atoms with Crippen LogP contribution in [0.25, 0.3) is 0 Å². The lowest BCUT2D eigenvalue weighted by atomic mass is 9.93. The number of carboxylic acids is 2. The van der Waals surface area contributed by atoms with Crippen molar-refractivity contribution in [3.05, 3.63) is 0 Å². The van der Waals surface area contributed by atoms with E-state index in [-0.39, 0.29) is 12.8 Å². The number of urea groups is 1. The van der Waals surface area contributed by atoms with Gasteiger partial charge in [-0.2, -0.15) is 0 Å². The van der Waals surface area contributed by atoms with Gasteiger partial charge in [0, 0.05) is 6.42 Å². The lowest BCUT2D eigenvalue weighted by Gasteiger charge is -2.28. The van der Waals surface area contributed by atoms with Gasteiger partial charge < -0.3 is 26.0 Å². The predicted molar refractivity (Wildman–Crippen MR) is 68.2 cm³/mol. The van der Waals surface area contributed by atoms with Gasteiger partial charge >= 0.3 is 18.0 Å². The molecule has 0 aromatic carbocycles. The molecule has 5 N–H and O–H groups in total. The average molecular weight is 288 g/mol. The molecule has 2 amide bonds. The molecule has 1 rings (SSSR count). The Morgan fingerprint density at radius 2 is 1.80 bits per heavy atom. The summed E-state index contributed by atoms with van der Waals surface area (Å²) in [5, 5.41) is 31.9. The fraction of sp³-hybridized carbons (Fsp3) is 0.750. The van der Waals surface area contributed by atoms with Gasteiger partial charge in [0.15, 0.2) is 0 Å². The number of hydrogen-bond acceptors (Lipinski definition) is 4. The first-order valence-electron chi connectivity index (χ1n) is 6.60. The number of carboxylic acid groups (broad SMARTS) is 2. The molecule has 0 spiro atoms. The first-order chi connectivity index (χ1) is 9.40. The summed E-state index contributed by atoms with van der Waals surface area (Å²) < 4.78 is 0. The Labute approximate surface area is 116 Å². The minimum Gasteiger partial charge on any atom is -0.481 e. The average Bonchev–Trinajstić information content (AvgIpc) is 2.36. The third kappa shape index (κ3) is 5.43. The van der Waals surface area contributed by atoms with Crippen LogP contribution in [0.1, 0.15) is 38.5 Å². The first-order valence-corrected chi connectivity index (χ1v) is 6.60. The molecule has 114 valence electrons. The van der Waals surface area contributed by atoms with Gasteiger partial charge in [0.05, 0.1) is 12.1 Å². The molecule has 8 nitrogen and oxygen atoms in total. The third-order valence-electron chi connectivity index (χ3n) is 3.30. The highest BCUT2D eigenvalue weighted by Crippen LogP contribution is 2.18. The number of carbonyl (C=O) groups excluding carboxylic acids is 1. The normalized spacial score (nSPS) is 23.6. The van der Waals surface area contributed by atoms with Crippen LogP contribution in [-0.4, -0.2) is 51.5 Å². The molecule has 0 aliphatic heterocycles. The Bertz CT molecular complexity index is 373. The summed E-state index contributed by atoms with van der Waals surface area (Å²) in [6, 6.07) is -2.35. The smallest absolute Gasteiger partial charge is 0.326 e. The molecule has 1 aliphatic carbocycles. The van der Waals surface area contributed by atoms with Gasteiger partial charge in [0.25, 0.3) is 0 Å². The number of amides is 2. The zero-order chi connectivity index (χ0) is 15.1. The number of aliphatic hydroxyl groups excluding tert-OH is 1. The molecule has 0 radical (unpaired) electrons. The van der Waals surface area contributed by atoms with Crippen molar-refractivity contribution in [2.24, 2.45) is 0 Å². The van der Waals surface area contributed by atoms with Crippen LogP contribution >= 0.6 is 0 Å². The van der Waals surface area contributed by atoms with E-state index < -0.39 is 36.2 Å². The molecule has 0 bridgehead atoms. The third-order valence-corrected chi connectivity index (χ3v) is 3.30. The number of hydrogen-bond donors (Lipinski definition) is 5. The van der Waals surface area contributed by atoms with Crippen LogP contribution in [0, 0.1) is 0 Å². The first kappa shape index (κ1) is 16.2. The van der Waals surface area contributed by atoms with Gasteiger partial charge in [-0.25, -0.2) is 9.59 Å². The molecular formula is C12H20N2O6. The Morgan fingerprint density at radius 1 is 1.15 bits per heavy atom. The Hall–Kier alpha value is -1.83. The van der Waals surface area contributed by atoms with E-state index in [2.05, 4.69) is 10.6 Å². The van der Waals surface area contributed by atoms with E-state index in [9.17, 15) is 19.5 Å². The molecule has 0 saturated heterocycles. The monoisotopic (exact) mass is 288 g/mol. The van der Waals surface area contributed by atoms with Crippen LogP contribution in [0.5, 0.6) is 0 Å². The summed E-state index contributed by atoms with van der Waals surface area (Å²) in [4.78, 5) is 33.0. The molecule has 0 aromatic rings. The van der Waals surface area contributed by atoms with E-state index in [0.717, 1.165) is 12.8 Å². The highest BCUT2D eigenvalue weighted by molar-refractivity contribution is 5.83. The number of rotatable bonds is 6. The second-order valence-corrected chi connectivity index (χ2v) is 4.90. The Morgan fingerprint density at radius 3 is 2.35 bits per heavy atom. The van der Waals surface area contributed by atoms with Crippen molar-refractivity contribution in [1.82, 2.24) is 10.6 Å². The molecule has 0 aromatic heterocycles. The molecular weight excluding hydrogens is 268 g/mol. The molecule has 1 fully saturated rings. The molecule has 1 saturated carbocycles. The van der Waals surface area contributed by atoms with Crippen molar-refractivity contribution in [2.45, 2.75) is 56.7 Å². The maximum absolute atomic E-state index is 11.7. The quantitative estimate of drug-likeness (QED) is 0.463. The van der Waals surface area contributed by atoms with E-state index in [1.807, 2.05) is 0 Å². The van der Waals surface area contributed by atoms with E-state index >= 15 is 0 Å². The van der Waals surface area contributed by atoms with E-state index in [1.54, 1.807) is 0 Å². The van der Waals surface area contributed by atoms with Crippen molar-refractivity contribution in [3.8, 4) is 0 Å². The minimum atomic E-state index is -1.29. The van der Waals surface area contributed by atoms with Crippen molar-refractivity contribution >= 4 is 18.0 Å². The Balaban J connectivity index is 2.44. The van der Waals surface area contributed by atoms with Crippen molar-refractivity contribution < 1.29 is 29.7 Å². The number of carbonyl (C=O) groups is 3. The Kier molecular flexibility index (Phi) is 6.23. The van der Waals surface area contributed by atoms with Gasteiger partial charge in [-0.1, -0.05) is 12.8 Å². The highest BCUT2D eigenvalue weighted by Gasteiger charge is 2.26. The maximum Gasteiger partial charge on any atom is 0.326 e. The molecule has 8 heteroatoms. The summed E-state index contributed by atoms with van der Waals surface area (Å²) in [5.41, 5.74) is 0. The largest absolute Gasteiger partial charge is 0.481 e. The molecule has 1 aliphatic rings. The van der Waals surface area contributed by atoms with Crippen LogP contribution in [-0.2, 0) is 9.59 Å². The highest BCUT2D eigenvalue weighted by atomic mass is 16.4. The fourth-order valence-corrected chi connectivity index (χ4v) is 2.17. The van der Waals surface area contributed by atoms with E-state index in [0.29, 0.717) is 12.8 Å². The fourth-order valence-electron chi connectivity index (χ4n) is 2.17. The summed E-state index contributed by atoms with van der Waals surface area (Å²) in [6.07, 6.45) is 1.88. The number of nitrogens with one attached hydrogen (secondary N) is 2. The minimum absolute atomic E-state index is 0.189. The molecule has 3 unspecified atom stereocenters. The molecule has 0 heterocycles. The van der Waals surface area contributed by atoms with Crippen LogP contribution < -0.4 is 10.6 Å².